The second-order valence-electron chi connectivity index (χ2n) is 3.73. The van der Waals surface area contributed by atoms with Gasteiger partial charge in [0.25, 0.3) is 0 Å². The van der Waals surface area contributed by atoms with Gasteiger partial charge in [-0.25, -0.2) is 8.78 Å². The summed E-state index contributed by atoms with van der Waals surface area (Å²) in [7, 11) is 3.61. The SMILES string of the molecule is CN(C)c1nnc(Sc2c(F)cc(C#N)cc2F)s1. The van der Waals surface area contributed by atoms with Gasteiger partial charge in [-0.2, -0.15) is 5.26 Å². The van der Waals surface area contributed by atoms with Crippen LogP contribution in [0.5, 0.6) is 0 Å². The Morgan fingerprint density at radius 3 is 2.37 bits per heavy atom. The Hall–Kier alpha value is -1.72. The Morgan fingerprint density at radius 2 is 1.89 bits per heavy atom. The molecule has 0 bridgehead atoms. The molecule has 0 radical (unpaired) electrons. The van der Waals surface area contributed by atoms with Crippen LogP contribution in [0.15, 0.2) is 21.4 Å². The molecule has 4 nitrogen and oxygen atoms in total. The minimum atomic E-state index is -0.775. The van der Waals surface area contributed by atoms with Crippen LogP contribution in [0.25, 0.3) is 0 Å². The summed E-state index contributed by atoms with van der Waals surface area (Å²) < 4.78 is 27.8. The zero-order chi connectivity index (χ0) is 14.0. The van der Waals surface area contributed by atoms with Crippen LogP contribution in [-0.4, -0.2) is 24.3 Å². The summed E-state index contributed by atoms with van der Waals surface area (Å²) in [6, 6.07) is 3.70. The van der Waals surface area contributed by atoms with Gasteiger partial charge in [0.1, 0.15) is 11.6 Å². The van der Waals surface area contributed by atoms with E-state index in [1.165, 1.54) is 11.3 Å². The van der Waals surface area contributed by atoms with E-state index in [4.69, 9.17) is 5.26 Å². The van der Waals surface area contributed by atoms with Crippen molar-refractivity contribution in [3.63, 3.8) is 0 Å². The smallest absolute Gasteiger partial charge is 0.208 e. The first-order chi connectivity index (χ1) is 9.01. The van der Waals surface area contributed by atoms with Gasteiger partial charge in [-0.15, -0.1) is 10.2 Å². The molecule has 0 spiro atoms. The van der Waals surface area contributed by atoms with Crippen molar-refractivity contribution in [3.05, 3.63) is 29.3 Å². The lowest BCUT2D eigenvalue weighted by Gasteiger charge is -2.04. The Morgan fingerprint density at radius 1 is 1.26 bits per heavy atom. The van der Waals surface area contributed by atoms with Crippen molar-refractivity contribution in [1.29, 1.82) is 5.26 Å². The molecule has 0 saturated heterocycles. The Labute approximate surface area is 116 Å². The first kappa shape index (κ1) is 13.7. The van der Waals surface area contributed by atoms with Gasteiger partial charge in [-0.1, -0.05) is 23.1 Å². The normalized spacial score (nSPS) is 10.3. The summed E-state index contributed by atoms with van der Waals surface area (Å²) in [6.07, 6.45) is 0. The standard InChI is InChI=1S/C11H8F2N4S2/c1-17(2)10-15-16-11(19-10)18-9-7(12)3-6(5-14)4-8(9)13/h3-4H,1-2H3. The molecule has 0 fully saturated rings. The van der Waals surface area contributed by atoms with E-state index in [1.807, 2.05) is 0 Å². The van der Waals surface area contributed by atoms with Gasteiger partial charge in [-0.3, -0.25) is 0 Å². The van der Waals surface area contributed by atoms with E-state index >= 15 is 0 Å². The van der Waals surface area contributed by atoms with Crippen LogP contribution in [0.4, 0.5) is 13.9 Å². The summed E-state index contributed by atoms with van der Waals surface area (Å²) in [6.45, 7) is 0. The molecule has 1 aromatic carbocycles. The molecular formula is C11H8F2N4S2. The van der Waals surface area contributed by atoms with Crippen molar-refractivity contribution in [2.45, 2.75) is 9.24 Å². The van der Waals surface area contributed by atoms with Gasteiger partial charge in [0.2, 0.25) is 5.13 Å². The van der Waals surface area contributed by atoms with E-state index in [0.717, 1.165) is 23.9 Å². The zero-order valence-electron chi connectivity index (χ0n) is 10.0. The number of benzene rings is 1. The molecule has 1 heterocycles. The fourth-order valence-corrected chi connectivity index (χ4v) is 2.95. The number of hydrogen-bond donors (Lipinski definition) is 0. The third kappa shape index (κ3) is 3.00. The van der Waals surface area contributed by atoms with Crippen molar-refractivity contribution in [3.8, 4) is 6.07 Å². The van der Waals surface area contributed by atoms with Gasteiger partial charge >= 0.3 is 0 Å². The van der Waals surface area contributed by atoms with E-state index in [1.54, 1.807) is 25.1 Å². The molecule has 0 saturated carbocycles. The summed E-state index contributed by atoms with van der Waals surface area (Å²) in [5.74, 6) is -1.55. The molecule has 0 aliphatic heterocycles. The van der Waals surface area contributed by atoms with Crippen molar-refractivity contribution in [2.75, 3.05) is 19.0 Å². The van der Waals surface area contributed by atoms with E-state index in [-0.39, 0.29) is 10.5 Å². The summed E-state index contributed by atoms with van der Waals surface area (Å²) in [5, 5.41) is 17.0. The van der Waals surface area contributed by atoms with Crippen LogP contribution in [0.3, 0.4) is 0 Å². The predicted molar refractivity (Wildman–Crippen MR) is 69.4 cm³/mol. The summed E-state index contributed by atoms with van der Waals surface area (Å²) in [5.41, 5.74) is -0.0504. The number of hydrogen-bond acceptors (Lipinski definition) is 6. The number of nitrogens with zero attached hydrogens (tertiary/aromatic N) is 4. The molecule has 2 aromatic rings. The van der Waals surface area contributed by atoms with Crippen LogP contribution in [0, 0.1) is 23.0 Å². The van der Waals surface area contributed by atoms with Gasteiger partial charge in [0.15, 0.2) is 4.34 Å². The Bertz CT molecular complexity index is 625. The van der Waals surface area contributed by atoms with E-state index in [9.17, 15) is 8.78 Å². The van der Waals surface area contributed by atoms with Crippen molar-refractivity contribution >= 4 is 28.2 Å². The molecule has 98 valence electrons. The average Bonchev–Trinajstić information content (AvgIpc) is 2.82. The molecule has 19 heavy (non-hydrogen) atoms. The molecule has 0 atom stereocenters. The fraction of sp³-hybridized carbons (Fsp3) is 0.182. The first-order valence-corrected chi connectivity index (χ1v) is 6.72. The van der Waals surface area contributed by atoms with Gasteiger partial charge in [0, 0.05) is 14.1 Å². The maximum Gasteiger partial charge on any atom is 0.208 e. The maximum atomic E-state index is 13.7. The van der Waals surface area contributed by atoms with Gasteiger partial charge in [0.05, 0.1) is 16.5 Å². The van der Waals surface area contributed by atoms with Crippen molar-refractivity contribution in [2.24, 2.45) is 0 Å². The van der Waals surface area contributed by atoms with Crippen LogP contribution < -0.4 is 4.90 Å². The lowest BCUT2D eigenvalue weighted by atomic mass is 10.2. The van der Waals surface area contributed by atoms with Gasteiger partial charge < -0.3 is 4.90 Å². The molecule has 1 aromatic heterocycles. The number of rotatable bonds is 3. The summed E-state index contributed by atoms with van der Waals surface area (Å²) >= 11 is 2.09. The lowest BCUT2D eigenvalue weighted by molar-refractivity contribution is 0.540. The van der Waals surface area contributed by atoms with Crippen LogP contribution >= 0.6 is 23.1 Å². The number of halogens is 2. The molecule has 0 aliphatic carbocycles. The molecule has 0 unspecified atom stereocenters. The first-order valence-electron chi connectivity index (χ1n) is 5.09. The quantitative estimate of drug-likeness (QED) is 0.872. The second-order valence-corrected chi connectivity index (χ2v) is 5.94. The van der Waals surface area contributed by atoms with Crippen LogP contribution in [0.2, 0.25) is 0 Å². The number of anilines is 1. The topological polar surface area (TPSA) is 52.8 Å². The molecule has 2 rings (SSSR count). The number of nitriles is 1. The Balaban J connectivity index is 2.30. The minimum Gasteiger partial charge on any atom is -0.353 e. The highest BCUT2D eigenvalue weighted by atomic mass is 32.2. The second kappa shape index (κ2) is 5.50. The van der Waals surface area contributed by atoms with Gasteiger partial charge in [-0.05, 0) is 12.1 Å². The van der Waals surface area contributed by atoms with E-state index in [0.29, 0.717) is 9.47 Å². The third-order valence-corrected chi connectivity index (χ3v) is 4.33. The van der Waals surface area contributed by atoms with Crippen molar-refractivity contribution < 1.29 is 8.78 Å². The van der Waals surface area contributed by atoms with Crippen LogP contribution in [-0.2, 0) is 0 Å². The monoisotopic (exact) mass is 298 g/mol. The Kier molecular flexibility index (Phi) is 3.97. The molecule has 0 N–H and O–H groups in total. The zero-order valence-corrected chi connectivity index (χ0v) is 11.6. The fourth-order valence-electron chi connectivity index (χ4n) is 1.23. The summed E-state index contributed by atoms with van der Waals surface area (Å²) in [4.78, 5) is 1.58. The average molecular weight is 298 g/mol. The van der Waals surface area contributed by atoms with Crippen LogP contribution in [0.1, 0.15) is 5.56 Å². The van der Waals surface area contributed by atoms with E-state index in [2.05, 4.69) is 10.2 Å². The van der Waals surface area contributed by atoms with Crippen molar-refractivity contribution in [1.82, 2.24) is 10.2 Å². The highest BCUT2D eigenvalue weighted by molar-refractivity contribution is 8.01. The largest absolute Gasteiger partial charge is 0.353 e. The highest BCUT2D eigenvalue weighted by Gasteiger charge is 2.16. The molecular weight excluding hydrogens is 290 g/mol. The molecule has 8 heteroatoms. The number of aromatic nitrogens is 2. The predicted octanol–water partition coefficient (Wildman–Crippen LogP) is 2.91. The minimum absolute atomic E-state index is 0.0504. The lowest BCUT2D eigenvalue weighted by Crippen LogP contribution is -2.07. The molecule has 0 aliphatic rings. The highest BCUT2D eigenvalue weighted by Crippen LogP contribution is 2.35. The van der Waals surface area contributed by atoms with E-state index < -0.39 is 11.6 Å². The third-order valence-electron chi connectivity index (χ3n) is 2.10. The molecule has 0 amide bonds. The maximum absolute atomic E-state index is 13.7.